The largest absolute Gasteiger partial charge is 0.354 e. The molecule has 0 aromatic rings. The predicted molar refractivity (Wildman–Crippen MR) is 144 cm³/mol. The van der Waals surface area contributed by atoms with Crippen molar-refractivity contribution in [3.63, 3.8) is 0 Å². The predicted octanol–water partition coefficient (Wildman–Crippen LogP) is -3.31. The summed E-state index contributed by atoms with van der Waals surface area (Å²) in [5, 5.41) is 11.9. The Labute approximate surface area is 242 Å². The van der Waals surface area contributed by atoms with Crippen LogP contribution in [0.1, 0.15) is 39.5 Å². The van der Waals surface area contributed by atoms with E-state index in [1.165, 1.54) is 4.90 Å². The lowest BCUT2D eigenvalue weighted by molar-refractivity contribution is -0.140. The van der Waals surface area contributed by atoms with Crippen LogP contribution in [0.2, 0.25) is 0 Å². The molecule has 0 saturated carbocycles. The summed E-state index contributed by atoms with van der Waals surface area (Å²) in [7, 11) is 0. The highest BCUT2D eigenvalue weighted by Gasteiger charge is 2.39. The molecule has 0 aromatic carbocycles. The van der Waals surface area contributed by atoms with E-state index in [1.54, 1.807) is 0 Å². The first kappa shape index (κ1) is 33.6. The second-order valence-electron chi connectivity index (χ2n) is 9.98. The van der Waals surface area contributed by atoms with E-state index in [4.69, 9.17) is 0 Å². The monoisotopic (exact) mass is 591 g/mol. The number of imide groups is 2. The Morgan fingerprint density at radius 3 is 1.74 bits per heavy atom. The number of carbonyl (C=O) groups is 9. The topological polar surface area (TPSA) is 220 Å². The lowest BCUT2D eigenvalue weighted by Gasteiger charge is -2.16. The Kier molecular flexibility index (Phi) is 13.3. The van der Waals surface area contributed by atoms with E-state index in [2.05, 4.69) is 26.6 Å². The molecule has 0 spiro atoms. The van der Waals surface area contributed by atoms with Crippen LogP contribution in [0.4, 0.5) is 0 Å². The minimum Gasteiger partial charge on any atom is -0.354 e. The number of hydrogen-bond donors (Lipinski definition) is 5. The number of hydrogen-bond acceptors (Lipinski definition) is 9. The second-order valence-corrected chi connectivity index (χ2v) is 9.98. The summed E-state index contributed by atoms with van der Waals surface area (Å²) in [5.74, 6) is -4.36. The fraction of sp³-hybridized carbons (Fsp3) is 0.577. The fourth-order valence-electron chi connectivity index (χ4n) is 4.04. The molecule has 0 bridgehead atoms. The standard InChI is InChI=1S/C26H37N7O9/c1-16(2)17-12-25(41)33(26(17)42)10-3-4-18(34)29-14-21(37)31-15-22(38)30-13-20(36)27-8-7-19(35)28-9-11-32-23(39)5-6-24(32)40/h5-6,16-17H,3-4,7-15H2,1-2H3,(H,27,36)(H,28,35)(H,29,34)(H,30,38)(H,31,37). The van der Waals surface area contributed by atoms with Gasteiger partial charge in [0, 0.05) is 63.5 Å². The number of rotatable bonds is 17. The zero-order chi connectivity index (χ0) is 31.2. The van der Waals surface area contributed by atoms with E-state index in [0.717, 1.165) is 17.1 Å². The molecular weight excluding hydrogens is 554 g/mol. The number of nitrogens with one attached hydrogen (secondary N) is 5. The van der Waals surface area contributed by atoms with Crippen molar-refractivity contribution in [1.29, 1.82) is 0 Å². The molecule has 16 heteroatoms. The van der Waals surface area contributed by atoms with Crippen LogP contribution in [0.3, 0.4) is 0 Å². The van der Waals surface area contributed by atoms with E-state index < -0.39 is 47.9 Å². The Hall–Kier alpha value is -4.63. The van der Waals surface area contributed by atoms with Crippen LogP contribution in [0.25, 0.3) is 0 Å². The lowest BCUT2D eigenvalue weighted by Crippen LogP contribution is -2.44. The van der Waals surface area contributed by atoms with Crippen LogP contribution in [0.5, 0.6) is 0 Å². The second kappa shape index (κ2) is 16.6. The summed E-state index contributed by atoms with van der Waals surface area (Å²) in [6.07, 6.45) is 2.66. The summed E-state index contributed by atoms with van der Waals surface area (Å²) in [5.41, 5.74) is 0. The fourth-order valence-corrected chi connectivity index (χ4v) is 4.04. The molecule has 1 fully saturated rings. The van der Waals surface area contributed by atoms with Gasteiger partial charge in [-0.2, -0.15) is 0 Å². The normalized spacial score (nSPS) is 16.2. The third-order valence-corrected chi connectivity index (χ3v) is 6.44. The molecule has 1 unspecified atom stereocenters. The minimum atomic E-state index is -0.650. The number of amides is 9. The quantitative estimate of drug-likeness (QED) is 0.107. The van der Waals surface area contributed by atoms with Gasteiger partial charge < -0.3 is 26.6 Å². The summed E-state index contributed by atoms with van der Waals surface area (Å²) in [6, 6.07) is 0. The summed E-state index contributed by atoms with van der Waals surface area (Å²) >= 11 is 0. The van der Waals surface area contributed by atoms with Crippen LogP contribution >= 0.6 is 0 Å². The van der Waals surface area contributed by atoms with Crippen molar-refractivity contribution < 1.29 is 43.2 Å². The van der Waals surface area contributed by atoms with E-state index in [1.807, 2.05) is 13.8 Å². The average Bonchev–Trinajstić information content (AvgIpc) is 3.41. The molecule has 2 rings (SSSR count). The molecule has 0 radical (unpaired) electrons. The molecule has 16 nitrogen and oxygen atoms in total. The van der Waals surface area contributed by atoms with Crippen molar-refractivity contribution in [3.05, 3.63) is 12.2 Å². The molecule has 1 saturated heterocycles. The van der Waals surface area contributed by atoms with Crippen LogP contribution in [-0.2, 0) is 43.2 Å². The SMILES string of the molecule is CC(C)C1CC(=O)N(CCCC(=O)NCC(=O)NCC(=O)NCC(=O)NCCC(=O)NCCN2C(=O)C=CC2=O)C1=O. The first-order chi connectivity index (χ1) is 19.9. The Morgan fingerprint density at radius 1 is 0.690 bits per heavy atom. The van der Waals surface area contributed by atoms with Gasteiger partial charge in [0.1, 0.15) is 0 Å². The third kappa shape index (κ3) is 11.1. The van der Waals surface area contributed by atoms with Gasteiger partial charge in [-0.15, -0.1) is 0 Å². The molecule has 9 amide bonds. The number of likely N-dealkylation sites (tertiary alicyclic amines) is 1. The Morgan fingerprint density at radius 2 is 1.19 bits per heavy atom. The third-order valence-electron chi connectivity index (χ3n) is 6.44. The maximum Gasteiger partial charge on any atom is 0.253 e. The summed E-state index contributed by atoms with van der Waals surface area (Å²) < 4.78 is 0. The molecular formula is C26H37N7O9. The zero-order valence-corrected chi connectivity index (χ0v) is 23.7. The Bertz CT molecular complexity index is 1120. The zero-order valence-electron chi connectivity index (χ0n) is 23.7. The smallest absolute Gasteiger partial charge is 0.253 e. The van der Waals surface area contributed by atoms with Crippen molar-refractivity contribution in [1.82, 2.24) is 36.4 Å². The maximum absolute atomic E-state index is 12.3. The first-order valence-electron chi connectivity index (χ1n) is 13.6. The first-order valence-corrected chi connectivity index (χ1v) is 13.6. The summed E-state index contributed by atoms with van der Waals surface area (Å²) in [6.45, 7) is 2.76. The van der Waals surface area contributed by atoms with Crippen molar-refractivity contribution in [2.45, 2.75) is 39.5 Å². The molecule has 230 valence electrons. The highest BCUT2D eigenvalue weighted by Crippen LogP contribution is 2.26. The van der Waals surface area contributed by atoms with Gasteiger partial charge in [0.05, 0.1) is 19.6 Å². The van der Waals surface area contributed by atoms with E-state index in [0.29, 0.717) is 0 Å². The van der Waals surface area contributed by atoms with Gasteiger partial charge in [0.25, 0.3) is 11.8 Å². The van der Waals surface area contributed by atoms with Crippen LogP contribution < -0.4 is 26.6 Å². The Balaban J connectivity index is 1.48. The molecule has 0 aliphatic carbocycles. The van der Waals surface area contributed by atoms with Crippen molar-refractivity contribution in [3.8, 4) is 0 Å². The van der Waals surface area contributed by atoms with Crippen LogP contribution in [-0.4, -0.2) is 109 Å². The highest BCUT2D eigenvalue weighted by atomic mass is 16.2. The van der Waals surface area contributed by atoms with Crippen molar-refractivity contribution in [2.24, 2.45) is 11.8 Å². The minimum absolute atomic E-state index is 0.00623. The van der Waals surface area contributed by atoms with Gasteiger partial charge >= 0.3 is 0 Å². The van der Waals surface area contributed by atoms with Gasteiger partial charge in [0.15, 0.2) is 0 Å². The number of nitrogens with zero attached hydrogens (tertiary/aromatic N) is 2. The molecule has 5 N–H and O–H groups in total. The maximum atomic E-state index is 12.3. The number of carbonyl (C=O) groups excluding carboxylic acids is 9. The summed E-state index contributed by atoms with van der Waals surface area (Å²) in [4.78, 5) is 109. The van der Waals surface area contributed by atoms with Crippen LogP contribution in [0.15, 0.2) is 12.2 Å². The van der Waals surface area contributed by atoms with Gasteiger partial charge in [-0.3, -0.25) is 53.0 Å². The van der Waals surface area contributed by atoms with Crippen LogP contribution in [0, 0.1) is 11.8 Å². The molecule has 2 aliphatic rings. The van der Waals surface area contributed by atoms with E-state index in [-0.39, 0.29) is 88.6 Å². The van der Waals surface area contributed by atoms with Gasteiger partial charge in [-0.25, -0.2) is 0 Å². The molecule has 0 aromatic heterocycles. The molecule has 42 heavy (non-hydrogen) atoms. The molecule has 2 heterocycles. The highest BCUT2D eigenvalue weighted by molar-refractivity contribution is 6.12. The van der Waals surface area contributed by atoms with Gasteiger partial charge in [-0.1, -0.05) is 13.8 Å². The van der Waals surface area contributed by atoms with E-state index in [9.17, 15) is 43.2 Å². The molecule has 2 aliphatic heterocycles. The molecule has 1 atom stereocenters. The van der Waals surface area contributed by atoms with E-state index >= 15 is 0 Å². The lowest BCUT2D eigenvalue weighted by atomic mass is 9.94. The van der Waals surface area contributed by atoms with Crippen molar-refractivity contribution >= 4 is 53.2 Å². The van der Waals surface area contributed by atoms with Gasteiger partial charge in [0.2, 0.25) is 41.4 Å². The van der Waals surface area contributed by atoms with Gasteiger partial charge in [-0.05, 0) is 12.3 Å². The average molecular weight is 592 g/mol. The van der Waals surface area contributed by atoms with Crippen molar-refractivity contribution in [2.75, 3.05) is 45.8 Å².